The molecule has 0 spiro atoms. The van der Waals surface area contributed by atoms with Gasteiger partial charge in [-0.05, 0) is 41.1 Å². The van der Waals surface area contributed by atoms with Crippen LogP contribution in [0.1, 0.15) is 5.69 Å². The Balaban J connectivity index is 2.34. The first kappa shape index (κ1) is 11.2. The van der Waals surface area contributed by atoms with Gasteiger partial charge in [-0.15, -0.1) is 0 Å². The van der Waals surface area contributed by atoms with Gasteiger partial charge in [-0.2, -0.15) is 0 Å². The van der Waals surface area contributed by atoms with Crippen LogP contribution in [-0.2, 0) is 0 Å². The Hall–Kier alpha value is -1.95. The first-order valence-electron chi connectivity index (χ1n) is 5.38. The van der Waals surface area contributed by atoms with Crippen LogP contribution in [0.2, 0.25) is 0 Å². The number of rotatable bonds is 1. The zero-order chi connectivity index (χ0) is 12.7. The Morgan fingerprint density at radius 2 is 2.11 bits per heavy atom. The zero-order valence-electron chi connectivity index (χ0n) is 9.63. The number of fused-ring (bicyclic) bond motifs is 1. The molecule has 0 bridgehead atoms. The quantitative estimate of drug-likeness (QED) is 0.749. The summed E-state index contributed by atoms with van der Waals surface area (Å²) in [5, 5.41) is 0. The summed E-state index contributed by atoms with van der Waals surface area (Å²) in [6.07, 6.45) is 3.16. The van der Waals surface area contributed by atoms with E-state index in [0.717, 1.165) is 21.5 Å². The van der Waals surface area contributed by atoms with Gasteiger partial charge >= 0.3 is 0 Å². The fourth-order valence-electron chi connectivity index (χ4n) is 1.91. The van der Waals surface area contributed by atoms with Gasteiger partial charge in [0.1, 0.15) is 23.5 Å². The van der Waals surface area contributed by atoms with Crippen LogP contribution in [0.15, 0.2) is 35.2 Å². The van der Waals surface area contributed by atoms with Crippen molar-refractivity contribution < 1.29 is 0 Å². The first-order chi connectivity index (χ1) is 8.68. The summed E-state index contributed by atoms with van der Waals surface area (Å²) >= 11 is 3.49. The lowest BCUT2D eigenvalue weighted by atomic mass is 10.3. The lowest BCUT2D eigenvalue weighted by Crippen LogP contribution is -1.98. The second-order valence-corrected chi connectivity index (χ2v) is 4.75. The molecular formula is C12H10BrN5. The van der Waals surface area contributed by atoms with Crippen molar-refractivity contribution in [3.63, 3.8) is 0 Å². The normalized spacial score (nSPS) is 11.0. The third-order valence-corrected chi connectivity index (χ3v) is 3.66. The largest absolute Gasteiger partial charge is 0.383 e. The van der Waals surface area contributed by atoms with Crippen molar-refractivity contribution in [3.05, 3.63) is 40.9 Å². The van der Waals surface area contributed by atoms with Crippen LogP contribution in [0.3, 0.4) is 0 Å². The molecule has 0 unspecified atom stereocenters. The molecule has 0 radical (unpaired) electrons. The van der Waals surface area contributed by atoms with Gasteiger partial charge in [0.05, 0.1) is 5.69 Å². The van der Waals surface area contributed by atoms with E-state index in [9.17, 15) is 0 Å². The number of pyridine rings is 1. The number of aromatic nitrogens is 4. The molecule has 6 heteroatoms. The molecule has 0 aliphatic heterocycles. The van der Waals surface area contributed by atoms with Crippen LogP contribution in [0, 0.1) is 6.92 Å². The zero-order valence-corrected chi connectivity index (χ0v) is 11.2. The summed E-state index contributed by atoms with van der Waals surface area (Å²) in [7, 11) is 0. The average Bonchev–Trinajstić information content (AvgIpc) is 2.73. The van der Waals surface area contributed by atoms with Gasteiger partial charge in [0.2, 0.25) is 0 Å². The number of nitrogens with two attached hydrogens (primary N) is 1. The Bertz CT molecular complexity index is 720. The number of anilines is 1. The van der Waals surface area contributed by atoms with Crippen molar-refractivity contribution >= 4 is 27.4 Å². The molecule has 0 amide bonds. The molecular weight excluding hydrogens is 294 g/mol. The van der Waals surface area contributed by atoms with Crippen LogP contribution in [0.4, 0.5) is 5.82 Å². The maximum atomic E-state index is 6.16. The maximum Gasteiger partial charge on any atom is 0.139 e. The minimum atomic E-state index is 0.586. The predicted octanol–water partition coefficient (Wildman–Crippen LogP) is 2.44. The van der Waals surface area contributed by atoms with Gasteiger partial charge in [-0.25, -0.2) is 15.0 Å². The highest BCUT2D eigenvalue weighted by Crippen LogP contribution is 2.28. The third kappa shape index (κ3) is 1.57. The van der Waals surface area contributed by atoms with E-state index in [1.54, 1.807) is 12.3 Å². The number of imidazole rings is 1. The van der Waals surface area contributed by atoms with E-state index in [4.69, 9.17) is 5.73 Å². The second-order valence-electron chi connectivity index (χ2n) is 3.90. The monoisotopic (exact) mass is 303 g/mol. The lowest BCUT2D eigenvalue weighted by Gasteiger charge is -2.04. The van der Waals surface area contributed by atoms with Crippen molar-refractivity contribution in [2.24, 2.45) is 0 Å². The van der Waals surface area contributed by atoms with E-state index in [-0.39, 0.29) is 0 Å². The predicted molar refractivity (Wildman–Crippen MR) is 73.1 cm³/mol. The molecule has 2 N–H and O–H groups in total. The molecule has 90 valence electrons. The summed E-state index contributed by atoms with van der Waals surface area (Å²) in [5.74, 6) is 0.586. The highest BCUT2D eigenvalue weighted by molar-refractivity contribution is 9.10. The second kappa shape index (κ2) is 4.06. The molecule has 0 aromatic carbocycles. The molecule has 3 heterocycles. The van der Waals surface area contributed by atoms with E-state index in [1.165, 1.54) is 6.33 Å². The van der Waals surface area contributed by atoms with Gasteiger partial charge in [0.25, 0.3) is 0 Å². The molecule has 5 nitrogen and oxygen atoms in total. The van der Waals surface area contributed by atoms with Gasteiger partial charge in [-0.3, -0.25) is 4.40 Å². The highest BCUT2D eigenvalue weighted by atomic mass is 79.9. The van der Waals surface area contributed by atoms with Gasteiger partial charge in [-0.1, -0.05) is 0 Å². The van der Waals surface area contributed by atoms with Crippen molar-refractivity contribution in [2.75, 3.05) is 5.73 Å². The van der Waals surface area contributed by atoms with E-state index in [0.29, 0.717) is 11.5 Å². The molecule has 3 rings (SSSR count). The number of hydrogen-bond acceptors (Lipinski definition) is 4. The number of nitrogens with zero attached hydrogens (tertiary/aromatic N) is 4. The number of hydrogen-bond donors (Lipinski definition) is 1. The Labute approximate surface area is 112 Å². The summed E-state index contributed by atoms with van der Waals surface area (Å²) in [6.45, 7) is 1.99. The molecule has 0 aliphatic carbocycles. The molecule has 0 atom stereocenters. The standard InChI is InChI=1S/C12H10BrN5/c1-7-8(13)2-3-10-17-11(12(14)18(7)10)9-4-5-15-6-16-9/h2-6H,14H2,1H3. The van der Waals surface area contributed by atoms with Crippen molar-refractivity contribution in [1.82, 2.24) is 19.4 Å². The third-order valence-electron chi connectivity index (χ3n) is 2.82. The molecule has 3 aromatic heterocycles. The summed E-state index contributed by atoms with van der Waals surface area (Å²) in [6, 6.07) is 5.67. The molecule has 0 fully saturated rings. The first-order valence-corrected chi connectivity index (χ1v) is 6.17. The summed E-state index contributed by atoms with van der Waals surface area (Å²) in [4.78, 5) is 12.6. The Morgan fingerprint density at radius 3 is 2.83 bits per heavy atom. The number of aryl methyl sites for hydroxylation is 1. The van der Waals surface area contributed by atoms with Gasteiger partial charge in [0.15, 0.2) is 0 Å². The highest BCUT2D eigenvalue weighted by Gasteiger charge is 2.14. The Kier molecular flexibility index (Phi) is 2.52. The minimum absolute atomic E-state index is 0.586. The maximum absolute atomic E-state index is 6.16. The smallest absolute Gasteiger partial charge is 0.139 e. The van der Waals surface area contributed by atoms with Gasteiger partial charge < -0.3 is 5.73 Å². The van der Waals surface area contributed by atoms with Gasteiger partial charge in [0, 0.05) is 16.4 Å². The lowest BCUT2D eigenvalue weighted by molar-refractivity contribution is 1.09. The summed E-state index contributed by atoms with van der Waals surface area (Å²) < 4.78 is 2.90. The fraction of sp³-hybridized carbons (Fsp3) is 0.0833. The van der Waals surface area contributed by atoms with Crippen LogP contribution in [0.5, 0.6) is 0 Å². The number of halogens is 1. The van der Waals surface area contributed by atoms with E-state index in [1.807, 2.05) is 23.5 Å². The fourth-order valence-corrected chi connectivity index (χ4v) is 2.22. The van der Waals surface area contributed by atoms with Crippen LogP contribution in [-0.4, -0.2) is 19.4 Å². The minimum Gasteiger partial charge on any atom is -0.383 e. The number of nitrogen functional groups attached to an aromatic ring is 1. The SMILES string of the molecule is Cc1c(Br)ccc2nc(-c3ccncn3)c(N)n12. The van der Waals surface area contributed by atoms with Crippen LogP contribution < -0.4 is 5.73 Å². The topological polar surface area (TPSA) is 69.1 Å². The van der Waals surface area contributed by atoms with Crippen molar-refractivity contribution in [2.45, 2.75) is 6.92 Å². The molecule has 0 saturated carbocycles. The molecule has 0 aliphatic rings. The average molecular weight is 304 g/mol. The molecule has 3 aromatic rings. The molecule has 0 saturated heterocycles. The molecule has 18 heavy (non-hydrogen) atoms. The Morgan fingerprint density at radius 1 is 1.28 bits per heavy atom. The van der Waals surface area contributed by atoms with E-state index < -0.39 is 0 Å². The van der Waals surface area contributed by atoms with E-state index >= 15 is 0 Å². The van der Waals surface area contributed by atoms with E-state index in [2.05, 4.69) is 30.9 Å². The van der Waals surface area contributed by atoms with Crippen LogP contribution in [0.25, 0.3) is 17.0 Å². The summed E-state index contributed by atoms with van der Waals surface area (Å²) in [5.41, 5.74) is 9.38. The van der Waals surface area contributed by atoms with Crippen molar-refractivity contribution in [1.29, 1.82) is 0 Å². The van der Waals surface area contributed by atoms with Crippen molar-refractivity contribution in [3.8, 4) is 11.4 Å². The van der Waals surface area contributed by atoms with Crippen LogP contribution >= 0.6 is 15.9 Å².